The molecule has 0 saturated carbocycles. The van der Waals surface area contributed by atoms with Crippen LogP contribution in [0.2, 0.25) is 0 Å². The first-order chi connectivity index (χ1) is 9.79. The van der Waals surface area contributed by atoms with Crippen molar-refractivity contribution in [3.8, 4) is 11.5 Å². The fourth-order valence-corrected chi connectivity index (χ4v) is 1.95. The normalized spacial score (nSPS) is 11.1. The number of aliphatic hydroxyl groups excluding tert-OH is 1. The Morgan fingerprint density at radius 2 is 2.05 bits per heavy atom. The van der Waals surface area contributed by atoms with Crippen LogP contribution in [0.5, 0.6) is 0 Å². The quantitative estimate of drug-likeness (QED) is 0.776. The zero-order valence-corrected chi connectivity index (χ0v) is 10.7. The molecule has 20 heavy (non-hydrogen) atoms. The number of rotatable bonds is 4. The monoisotopic (exact) mass is 271 g/mol. The van der Waals surface area contributed by atoms with Gasteiger partial charge in [-0.3, -0.25) is 9.36 Å². The van der Waals surface area contributed by atoms with E-state index in [4.69, 9.17) is 9.52 Å². The second-order valence-corrected chi connectivity index (χ2v) is 4.36. The summed E-state index contributed by atoms with van der Waals surface area (Å²) in [4.78, 5) is 20.5. The maximum atomic E-state index is 12.2. The maximum absolute atomic E-state index is 12.2. The minimum atomic E-state index is -0.255. The molecule has 0 aliphatic carbocycles. The van der Waals surface area contributed by atoms with E-state index in [2.05, 4.69) is 9.97 Å². The van der Waals surface area contributed by atoms with E-state index in [1.807, 2.05) is 30.3 Å². The van der Waals surface area contributed by atoms with Gasteiger partial charge in [0.15, 0.2) is 5.52 Å². The summed E-state index contributed by atoms with van der Waals surface area (Å²) in [5.74, 6) is 0.380. The SMILES string of the molecule is O=c1c2nc(-c3ccccc3)oc2ncn1CCCO. The van der Waals surface area contributed by atoms with Crippen LogP contribution in [-0.4, -0.2) is 26.2 Å². The molecule has 3 rings (SSSR count). The molecule has 0 radical (unpaired) electrons. The number of nitrogens with zero attached hydrogens (tertiary/aromatic N) is 3. The Balaban J connectivity index is 2.08. The average Bonchev–Trinajstić information content (AvgIpc) is 2.93. The lowest BCUT2D eigenvalue weighted by Crippen LogP contribution is -2.21. The van der Waals surface area contributed by atoms with Crippen LogP contribution in [0.4, 0.5) is 0 Å². The Hall–Kier alpha value is -2.47. The molecule has 0 aliphatic rings. The van der Waals surface area contributed by atoms with Crippen molar-refractivity contribution in [2.24, 2.45) is 0 Å². The van der Waals surface area contributed by atoms with Crippen LogP contribution >= 0.6 is 0 Å². The van der Waals surface area contributed by atoms with Crippen LogP contribution in [0.15, 0.2) is 45.9 Å². The molecular weight excluding hydrogens is 258 g/mol. The number of aromatic nitrogens is 3. The molecule has 6 heteroatoms. The highest BCUT2D eigenvalue weighted by atomic mass is 16.4. The van der Waals surface area contributed by atoms with Crippen molar-refractivity contribution in [1.82, 2.24) is 14.5 Å². The van der Waals surface area contributed by atoms with E-state index in [0.29, 0.717) is 18.9 Å². The predicted octanol–water partition coefficient (Wildman–Crippen LogP) is 1.43. The smallest absolute Gasteiger partial charge is 0.283 e. The maximum Gasteiger partial charge on any atom is 0.283 e. The average molecular weight is 271 g/mol. The molecule has 2 aromatic heterocycles. The van der Waals surface area contributed by atoms with E-state index in [1.54, 1.807) is 0 Å². The summed E-state index contributed by atoms with van der Waals surface area (Å²) in [5.41, 5.74) is 0.986. The molecule has 0 aliphatic heterocycles. The fourth-order valence-electron chi connectivity index (χ4n) is 1.95. The van der Waals surface area contributed by atoms with Crippen molar-refractivity contribution in [2.75, 3.05) is 6.61 Å². The van der Waals surface area contributed by atoms with Crippen molar-refractivity contribution in [3.05, 3.63) is 47.0 Å². The van der Waals surface area contributed by atoms with Crippen molar-refractivity contribution in [2.45, 2.75) is 13.0 Å². The van der Waals surface area contributed by atoms with Crippen LogP contribution in [0.3, 0.4) is 0 Å². The van der Waals surface area contributed by atoms with Crippen LogP contribution in [0.25, 0.3) is 22.7 Å². The second kappa shape index (κ2) is 5.26. The summed E-state index contributed by atoms with van der Waals surface area (Å²) < 4.78 is 6.94. The summed E-state index contributed by atoms with van der Waals surface area (Å²) in [6.45, 7) is 0.435. The third kappa shape index (κ3) is 2.21. The molecule has 3 aromatic rings. The number of aliphatic hydroxyl groups is 1. The van der Waals surface area contributed by atoms with Gasteiger partial charge >= 0.3 is 0 Å². The van der Waals surface area contributed by atoms with E-state index < -0.39 is 0 Å². The molecule has 1 aromatic carbocycles. The first-order valence-electron chi connectivity index (χ1n) is 6.32. The van der Waals surface area contributed by atoms with Gasteiger partial charge in [0.05, 0.1) is 0 Å². The molecule has 2 heterocycles. The standard InChI is InChI=1S/C14H13N3O3/c18-8-4-7-17-9-15-13-11(14(17)19)16-12(20-13)10-5-2-1-3-6-10/h1-3,5-6,9,18H,4,7-8H2. The summed E-state index contributed by atoms with van der Waals surface area (Å²) in [6, 6.07) is 9.35. The molecule has 0 amide bonds. The number of oxazole rings is 1. The highest BCUT2D eigenvalue weighted by molar-refractivity contribution is 5.71. The van der Waals surface area contributed by atoms with E-state index in [1.165, 1.54) is 10.9 Å². The topological polar surface area (TPSA) is 81.2 Å². The summed E-state index contributed by atoms with van der Waals surface area (Å²) >= 11 is 0. The first kappa shape index (κ1) is 12.6. The van der Waals surface area contributed by atoms with Gasteiger partial charge in [0.25, 0.3) is 11.3 Å². The predicted molar refractivity (Wildman–Crippen MR) is 73.2 cm³/mol. The molecule has 0 atom stereocenters. The Morgan fingerprint density at radius 3 is 2.80 bits per heavy atom. The van der Waals surface area contributed by atoms with Gasteiger partial charge in [0.1, 0.15) is 6.33 Å². The minimum Gasteiger partial charge on any atom is -0.417 e. The lowest BCUT2D eigenvalue weighted by atomic mass is 10.2. The Morgan fingerprint density at radius 1 is 1.25 bits per heavy atom. The Kier molecular flexibility index (Phi) is 3.30. The minimum absolute atomic E-state index is 0.0263. The van der Waals surface area contributed by atoms with E-state index in [9.17, 15) is 4.79 Å². The summed E-state index contributed by atoms with van der Waals surface area (Å²) in [6.07, 6.45) is 1.91. The molecule has 0 saturated heterocycles. The Bertz CT molecular complexity index is 777. The number of benzene rings is 1. The van der Waals surface area contributed by atoms with Crippen LogP contribution in [0.1, 0.15) is 6.42 Å². The van der Waals surface area contributed by atoms with Crippen molar-refractivity contribution >= 4 is 11.2 Å². The molecule has 0 spiro atoms. The summed E-state index contributed by atoms with van der Waals surface area (Å²) in [7, 11) is 0. The first-order valence-corrected chi connectivity index (χ1v) is 6.32. The van der Waals surface area contributed by atoms with Gasteiger partial charge in [-0.2, -0.15) is 0 Å². The third-order valence-electron chi connectivity index (χ3n) is 2.96. The number of aryl methyl sites for hydroxylation is 1. The molecule has 0 fully saturated rings. The third-order valence-corrected chi connectivity index (χ3v) is 2.96. The molecule has 6 nitrogen and oxygen atoms in total. The lowest BCUT2D eigenvalue weighted by molar-refractivity contribution is 0.279. The largest absolute Gasteiger partial charge is 0.417 e. The van der Waals surface area contributed by atoms with Gasteiger partial charge in [-0.25, -0.2) is 9.97 Å². The highest BCUT2D eigenvalue weighted by Crippen LogP contribution is 2.20. The molecule has 1 N–H and O–H groups in total. The van der Waals surface area contributed by atoms with Gasteiger partial charge < -0.3 is 9.52 Å². The van der Waals surface area contributed by atoms with Gasteiger partial charge in [-0.15, -0.1) is 0 Å². The number of hydrogen-bond donors (Lipinski definition) is 1. The van der Waals surface area contributed by atoms with Gasteiger partial charge in [0, 0.05) is 18.7 Å². The van der Waals surface area contributed by atoms with Gasteiger partial charge in [-0.1, -0.05) is 18.2 Å². The van der Waals surface area contributed by atoms with E-state index in [-0.39, 0.29) is 23.4 Å². The molecule has 102 valence electrons. The lowest BCUT2D eigenvalue weighted by Gasteiger charge is -2.01. The highest BCUT2D eigenvalue weighted by Gasteiger charge is 2.13. The zero-order chi connectivity index (χ0) is 13.9. The second-order valence-electron chi connectivity index (χ2n) is 4.36. The summed E-state index contributed by atoms with van der Waals surface area (Å²) in [5, 5.41) is 8.81. The Labute approximate surface area is 114 Å². The van der Waals surface area contributed by atoms with Crippen LogP contribution < -0.4 is 5.56 Å². The van der Waals surface area contributed by atoms with Crippen molar-refractivity contribution < 1.29 is 9.52 Å². The fraction of sp³-hybridized carbons (Fsp3) is 0.214. The van der Waals surface area contributed by atoms with Gasteiger partial charge in [0.2, 0.25) is 5.89 Å². The zero-order valence-electron chi connectivity index (χ0n) is 10.7. The van der Waals surface area contributed by atoms with Crippen LogP contribution in [0, 0.1) is 0 Å². The number of hydrogen-bond acceptors (Lipinski definition) is 5. The molecule has 0 bridgehead atoms. The number of fused-ring (bicyclic) bond motifs is 1. The van der Waals surface area contributed by atoms with Crippen molar-refractivity contribution in [1.29, 1.82) is 0 Å². The van der Waals surface area contributed by atoms with Gasteiger partial charge in [-0.05, 0) is 18.6 Å². The molecule has 0 unspecified atom stereocenters. The van der Waals surface area contributed by atoms with E-state index >= 15 is 0 Å². The molecular formula is C14H13N3O3. The van der Waals surface area contributed by atoms with E-state index in [0.717, 1.165) is 5.56 Å². The van der Waals surface area contributed by atoms with Crippen LogP contribution in [-0.2, 0) is 6.54 Å². The van der Waals surface area contributed by atoms with Crippen molar-refractivity contribution in [3.63, 3.8) is 0 Å².